The second kappa shape index (κ2) is 21.9. The van der Waals surface area contributed by atoms with Crippen molar-refractivity contribution in [2.24, 2.45) is 0 Å². The van der Waals surface area contributed by atoms with E-state index in [4.69, 9.17) is 23.7 Å². The van der Waals surface area contributed by atoms with Crippen LogP contribution in [0.25, 0.3) is 0 Å². The van der Waals surface area contributed by atoms with Crippen LogP contribution in [0.4, 0.5) is 16.2 Å². The molecule has 2 aromatic carbocycles. The summed E-state index contributed by atoms with van der Waals surface area (Å²) in [6, 6.07) is 6.19. The lowest BCUT2D eigenvalue weighted by molar-refractivity contribution is -0.137. The molecule has 0 spiro atoms. The number of amides is 5. The number of carbonyl (C=O) groups is 7. The maximum atomic E-state index is 13.3. The van der Waals surface area contributed by atoms with Crippen LogP contribution in [0.1, 0.15) is 84.7 Å². The lowest BCUT2D eigenvalue weighted by atomic mass is 9.92. The number of Topliss-reactive ketones (excluding diaryl/α,β-unsaturated/α-hetero) is 2. The molecular weight excluding hydrogens is 878 g/mol. The standard InChI is InChI=1S/C26H35N3O7.C20H26N4O5.ClH/c1-26(2,3)36-25(33)28-11-9-27(10-12-28)21-8-6-18-19(23(21)35-14-13-34-4)16-29(24(18)32)20-7-5-17(30)15-22(20)31;1-28-10-11-29-18-14-12-24(16-4-5-17(25)22-19(16)26)20(27)13(14)2-3-15(18)23-8-6-21-7-9-23;/h6,8,20H,5,7,9-16H2,1-4H3;2-3,16,21H,4-12H2,1H3,(H,22,25,26);1H. The minimum absolute atomic E-state index is 0. The first kappa shape index (κ1) is 49.9. The van der Waals surface area contributed by atoms with Crippen LogP contribution in [-0.2, 0) is 46.5 Å². The molecule has 8 rings (SSSR count). The second-order valence-electron chi connectivity index (χ2n) is 17.8. The molecule has 6 aliphatic rings. The van der Waals surface area contributed by atoms with Gasteiger partial charge in [-0.25, -0.2) is 4.79 Å². The number of piperidine rings is 1. The van der Waals surface area contributed by atoms with Gasteiger partial charge in [-0.1, -0.05) is 0 Å². The summed E-state index contributed by atoms with van der Waals surface area (Å²) in [6.07, 6.45) is 0.797. The maximum absolute atomic E-state index is 13.3. The van der Waals surface area contributed by atoms with Crippen molar-refractivity contribution >= 4 is 65.1 Å². The van der Waals surface area contributed by atoms with Crippen molar-refractivity contribution in [2.75, 3.05) is 103 Å². The summed E-state index contributed by atoms with van der Waals surface area (Å²) in [5, 5.41) is 5.68. The number of nitrogens with one attached hydrogen (secondary N) is 2. The quantitative estimate of drug-likeness (QED) is 0.178. The molecule has 0 bridgehead atoms. The van der Waals surface area contributed by atoms with Crippen molar-refractivity contribution in [3.8, 4) is 11.5 Å². The fraction of sp³-hybridized carbons (Fsp3) is 0.587. The van der Waals surface area contributed by atoms with Crippen molar-refractivity contribution in [2.45, 2.75) is 83.6 Å². The molecule has 2 atom stereocenters. The second-order valence-corrected chi connectivity index (χ2v) is 17.8. The third-order valence-corrected chi connectivity index (χ3v) is 12.3. The third kappa shape index (κ3) is 11.2. The van der Waals surface area contributed by atoms with Gasteiger partial charge in [-0.2, -0.15) is 0 Å². The average molecular weight is 940 g/mol. The molecule has 2 N–H and O–H groups in total. The third-order valence-electron chi connectivity index (χ3n) is 12.3. The zero-order valence-electron chi connectivity index (χ0n) is 38.4. The highest BCUT2D eigenvalue weighted by Gasteiger charge is 2.43. The smallest absolute Gasteiger partial charge is 0.410 e. The lowest BCUT2D eigenvalue weighted by Gasteiger charge is -2.37. The van der Waals surface area contributed by atoms with E-state index in [0.717, 1.165) is 48.7 Å². The summed E-state index contributed by atoms with van der Waals surface area (Å²) in [5.74, 6) is -0.0975. The molecule has 4 fully saturated rings. The molecule has 19 nitrogen and oxygen atoms in total. The molecule has 1 aliphatic carbocycles. The Balaban J connectivity index is 0.000000220. The van der Waals surface area contributed by atoms with E-state index >= 15 is 0 Å². The number of fused-ring (bicyclic) bond motifs is 2. The van der Waals surface area contributed by atoms with E-state index in [9.17, 15) is 33.6 Å². The number of ether oxygens (including phenoxy) is 5. The van der Waals surface area contributed by atoms with Gasteiger partial charge in [-0.3, -0.25) is 34.1 Å². The average Bonchev–Trinajstić information content (AvgIpc) is 3.79. The van der Waals surface area contributed by atoms with Crippen LogP contribution >= 0.6 is 12.4 Å². The topological polar surface area (TPSA) is 206 Å². The van der Waals surface area contributed by atoms with Crippen LogP contribution in [0.3, 0.4) is 0 Å². The SMILES string of the molecule is COCCOc1c(N2CCN(C(=O)OC(C)(C)C)CC2)ccc2c1CN(C1CCC(=O)CC1=O)C2=O.COCCOc1c(N2CCNCC2)ccc2c1CN(C1CCC(=O)NC1=O)C2=O.Cl. The van der Waals surface area contributed by atoms with Gasteiger partial charge in [0.1, 0.15) is 42.1 Å². The molecule has 5 heterocycles. The highest BCUT2D eigenvalue weighted by molar-refractivity contribution is 6.08. The van der Waals surface area contributed by atoms with E-state index in [0.29, 0.717) is 101 Å². The first-order valence-electron chi connectivity index (χ1n) is 22.4. The molecule has 5 amide bonds. The molecule has 3 saturated heterocycles. The number of nitrogens with zero attached hydrogens (tertiary/aromatic N) is 5. The van der Waals surface area contributed by atoms with Gasteiger partial charge in [-0.15, -0.1) is 12.4 Å². The first-order chi connectivity index (χ1) is 31.2. The minimum Gasteiger partial charge on any atom is -0.489 e. The molecule has 0 aromatic heterocycles. The van der Waals surface area contributed by atoms with Crippen molar-refractivity contribution in [3.63, 3.8) is 0 Å². The van der Waals surface area contributed by atoms with E-state index in [-0.39, 0.29) is 67.2 Å². The maximum Gasteiger partial charge on any atom is 0.410 e. The van der Waals surface area contributed by atoms with Gasteiger partial charge < -0.3 is 53.5 Å². The molecule has 2 aromatic rings. The fourth-order valence-electron chi connectivity index (χ4n) is 9.05. The molecular formula is C46H62ClN7O12. The van der Waals surface area contributed by atoms with Gasteiger partial charge in [0.25, 0.3) is 11.8 Å². The number of rotatable bonds is 12. The number of imide groups is 1. The summed E-state index contributed by atoms with van der Waals surface area (Å²) in [7, 11) is 3.21. The number of piperazine rings is 2. The number of halogens is 1. The van der Waals surface area contributed by atoms with Crippen LogP contribution < -0.4 is 29.9 Å². The van der Waals surface area contributed by atoms with Crippen LogP contribution in [0.5, 0.6) is 11.5 Å². The van der Waals surface area contributed by atoms with Crippen molar-refractivity contribution in [3.05, 3.63) is 46.5 Å². The normalized spacial score (nSPS) is 20.9. The van der Waals surface area contributed by atoms with E-state index in [1.165, 1.54) is 0 Å². The van der Waals surface area contributed by atoms with Crippen LogP contribution in [0.15, 0.2) is 24.3 Å². The molecule has 66 heavy (non-hydrogen) atoms. The fourth-order valence-corrected chi connectivity index (χ4v) is 9.05. The summed E-state index contributed by atoms with van der Waals surface area (Å²) in [4.78, 5) is 96.0. The monoisotopic (exact) mass is 939 g/mol. The summed E-state index contributed by atoms with van der Waals surface area (Å²) >= 11 is 0. The van der Waals surface area contributed by atoms with Gasteiger partial charge in [-0.05, 0) is 57.9 Å². The van der Waals surface area contributed by atoms with E-state index < -0.39 is 23.6 Å². The summed E-state index contributed by atoms with van der Waals surface area (Å²) < 4.78 is 28.0. The highest BCUT2D eigenvalue weighted by atomic mass is 35.5. The Hall–Kier alpha value is -5.50. The Morgan fingerprint density at radius 1 is 0.682 bits per heavy atom. The van der Waals surface area contributed by atoms with Gasteiger partial charge in [0.2, 0.25) is 11.8 Å². The van der Waals surface area contributed by atoms with Gasteiger partial charge >= 0.3 is 6.09 Å². The Morgan fingerprint density at radius 2 is 1.20 bits per heavy atom. The Bertz CT molecular complexity index is 2170. The van der Waals surface area contributed by atoms with Gasteiger partial charge in [0.15, 0.2) is 5.78 Å². The molecule has 5 aliphatic heterocycles. The Morgan fingerprint density at radius 3 is 1.70 bits per heavy atom. The zero-order chi connectivity index (χ0) is 46.4. The highest BCUT2D eigenvalue weighted by Crippen LogP contribution is 2.42. The van der Waals surface area contributed by atoms with E-state index in [1.807, 2.05) is 39.0 Å². The van der Waals surface area contributed by atoms with Gasteiger partial charge in [0, 0.05) is 102 Å². The lowest BCUT2D eigenvalue weighted by Crippen LogP contribution is -2.52. The number of anilines is 2. The first-order valence-corrected chi connectivity index (χ1v) is 22.4. The number of methoxy groups -OCH3 is 2. The van der Waals surface area contributed by atoms with Crippen molar-refractivity contribution in [1.29, 1.82) is 0 Å². The molecule has 360 valence electrons. The predicted octanol–water partition coefficient (Wildman–Crippen LogP) is 2.72. The van der Waals surface area contributed by atoms with Crippen LogP contribution in [0, 0.1) is 0 Å². The van der Waals surface area contributed by atoms with E-state index in [2.05, 4.69) is 20.4 Å². The Labute approximate surface area is 391 Å². The van der Waals surface area contributed by atoms with Gasteiger partial charge in [0.05, 0.1) is 50.1 Å². The summed E-state index contributed by atoms with van der Waals surface area (Å²) in [5.41, 5.74) is 3.86. The number of hydrogen-bond donors (Lipinski definition) is 2. The molecule has 1 saturated carbocycles. The number of hydrogen-bond acceptors (Lipinski definition) is 15. The summed E-state index contributed by atoms with van der Waals surface area (Å²) in [6.45, 7) is 13.2. The zero-order valence-corrected chi connectivity index (χ0v) is 39.3. The number of ketones is 2. The number of benzene rings is 2. The molecule has 2 unspecified atom stereocenters. The predicted molar refractivity (Wildman–Crippen MR) is 244 cm³/mol. The van der Waals surface area contributed by atoms with Crippen LogP contribution in [-0.4, -0.2) is 167 Å². The minimum atomic E-state index is -0.637. The largest absolute Gasteiger partial charge is 0.489 e. The number of carbonyl (C=O) groups excluding carboxylic acids is 7. The van der Waals surface area contributed by atoms with Crippen molar-refractivity contribution in [1.82, 2.24) is 25.3 Å². The molecule has 0 radical (unpaired) electrons. The molecule has 20 heteroatoms. The Kier molecular flexibility index (Phi) is 16.5. The van der Waals surface area contributed by atoms with Crippen molar-refractivity contribution < 1.29 is 57.2 Å². The van der Waals surface area contributed by atoms with Crippen LogP contribution in [0.2, 0.25) is 0 Å². The van der Waals surface area contributed by atoms with E-state index in [1.54, 1.807) is 35.0 Å².